The SMILES string of the molecule is CC(C)CN(CC(=O)O)C(=O)COc1ccc(F)cc1Br. The van der Waals surface area contributed by atoms with Crippen molar-refractivity contribution in [3.8, 4) is 5.75 Å². The molecular formula is C14H17BrFNO4. The van der Waals surface area contributed by atoms with Gasteiger partial charge in [0.05, 0.1) is 4.47 Å². The van der Waals surface area contributed by atoms with Crippen molar-refractivity contribution in [1.29, 1.82) is 0 Å². The van der Waals surface area contributed by atoms with Gasteiger partial charge in [-0.1, -0.05) is 13.8 Å². The van der Waals surface area contributed by atoms with E-state index in [0.717, 1.165) is 0 Å². The number of carboxylic acid groups (broad SMARTS) is 1. The Hall–Kier alpha value is -1.63. The first kappa shape index (κ1) is 17.4. The predicted molar refractivity (Wildman–Crippen MR) is 78.6 cm³/mol. The molecule has 1 rings (SSSR count). The summed E-state index contributed by atoms with van der Waals surface area (Å²) in [5.41, 5.74) is 0. The van der Waals surface area contributed by atoms with E-state index in [1.807, 2.05) is 13.8 Å². The van der Waals surface area contributed by atoms with Crippen molar-refractivity contribution in [2.45, 2.75) is 13.8 Å². The van der Waals surface area contributed by atoms with E-state index in [-0.39, 0.29) is 19.1 Å². The lowest BCUT2D eigenvalue weighted by atomic mass is 10.2. The van der Waals surface area contributed by atoms with E-state index in [1.165, 1.54) is 23.1 Å². The van der Waals surface area contributed by atoms with Gasteiger partial charge < -0.3 is 14.7 Å². The Bertz CT molecular complexity index is 522. The van der Waals surface area contributed by atoms with Crippen LogP contribution >= 0.6 is 15.9 Å². The highest BCUT2D eigenvalue weighted by Crippen LogP contribution is 2.25. The zero-order valence-electron chi connectivity index (χ0n) is 11.8. The van der Waals surface area contributed by atoms with Gasteiger partial charge in [-0.3, -0.25) is 9.59 Å². The van der Waals surface area contributed by atoms with Crippen molar-refractivity contribution in [3.63, 3.8) is 0 Å². The van der Waals surface area contributed by atoms with Gasteiger partial charge in [0.25, 0.3) is 5.91 Å². The zero-order valence-corrected chi connectivity index (χ0v) is 13.4. The lowest BCUT2D eigenvalue weighted by molar-refractivity contribution is -0.145. The molecule has 0 saturated heterocycles. The first-order valence-corrected chi connectivity index (χ1v) is 7.16. The molecule has 0 aromatic heterocycles. The fourth-order valence-electron chi connectivity index (χ4n) is 1.68. The third kappa shape index (κ3) is 6.12. The molecule has 5 nitrogen and oxygen atoms in total. The van der Waals surface area contributed by atoms with Gasteiger partial charge in [0.15, 0.2) is 6.61 Å². The molecule has 0 aliphatic rings. The minimum absolute atomic E-state index is 0.144. The first-order valence-electron chi connectivity index (χ1n) is 6.37. The quantitative estimate of drug-likeness (QED) is 0.810. The van der Waals surface area contributed by atoms with Gasteiger partial charge in [-0.15, -0.1) is 0 Å². The van der Waals surface area contributed by atoms with Gasteiger partial charge in [-0.25, -0.2) is 4.39 Å². The van der Waals surface area contributed by atoms with Crippen LogP contribution in [0.1, 0.15) is 13.8 Å². The highest BCUT2D eigenvalue weighted by Gasteiger charge is 2.18. The molecule has 0 bridgehead atoms. The molecule has 0 saturated carbocycles. The average molecular weight is 362 g/mol. The third-order valence-electron chi connectivity index (χ3n) is 2.51. The number of carbonyl (C=O) groups is 2. The molecule has 21 heavy (non-hydrogen) atoms. The van der Waals surface area contributed by atoms with Crippen LogP contribution in [0.4, 0.5) is 4.39 Å². The number of benzene rings is 1. The summed E-state index contributed by atoms with van der Waals surface area (Å²) in [4.78, 5) is 24.0. The van der Waals surface area contributed by atoms with Crippen LogP contribution in [-0.2, 0) is 9.59 Å². The van der Waals surface area contributed by atoms with Gasteiger partial charge in [0, 0.05) is 6.54 Å². The van der Waals surface area contributed by atoms with Crippen molar-refractivity contribution in [1.82, 2.24) is 4.90 Å². The van der Waals surface area contributed by atoms with E-state index in [4.69, 9.17) is 9.84 Å². The molecule has 0 heterocycles. The van der Waals surface area contributed by atoms with Crippen LogP contribution in [0.3, 0.4) is 0 Å². The number of carbonyl (C=O) groups excluding carboxylic acids is 1. The maximum Gasteiger partial charge on any atom is 0.323 e. The Balaban J connectivity index is 2.66. The third-order valence-corrected chi connectivity index (χ3v) is 3.13. The van der Waals surface area contributed by atoms with Crippen LogP contribution in [0.5, 0.6) is 5.75 Å². The van der Waals surface area contributed by atoms with Crippen LogP contribution in [0.2, 0.25) is 0 Å². The Kier molecular flexibility index (Phi) is 6.61. The lowest BCUT2D eigenvalue weighted by Crippen LogP contribution is -2.40. The van der Waals surface area contributed by atoms with Crippen molar-refractivity contribution >= 4 is 27.8 Å². The minimum Gasteiger partial charge on any atom is -0.483 e. The van der Waals surface area contributed by atoms with Crippen LogP contribution < -0.4 is 4.74 Å². The standard InChI is InChI=1S/C14H17BrFNO4/c1-9(2)6-17(7-14(19)20)13(18)8-21-12-4-3-10(16)5-11(12)15/h3-5,9H,6-8H2,1-2H3,(H,19,20). The predicted octanol–water partition coefficient (Wildman–Crippen LogP) is 2.54. The summed E-state index contributed by atoms with van der Waals surface area (Å²) < 4.78 is 18.6. The van der Waals surface area contributed by atoms with Crippen molar-refractivity contribution in [3.05, 3.63) is 28.5 Å². The van der Waals surface area contributed by atoms with Crippen molar-refractivity contribution in [2.75, 3.05) is 19.7 Å². The summed E-state index contributed by atoms with van der Waals surface area (Å²) in [6, 6.07) is 3.84. The molecular weight excluding hydrogens is 345 g/mol. The van der Waals surface area contributed by atoms with Crippen LogP contribution in [0.15, 0.2) is 22.7 Å². The molecule has 116 valence electrons. The first-order chi connectivity index (χ1) is 9.79. The summed E-state index contributed by atoms with van der Waals surface area (Å²) in [6.45, 7) is 3.44. The number of amides is 1. The second-order valence-corrected chi connectivity index (χ2v) is 5.78. The molecule has 1 aromatic carbocycles. The number of hydrogen-bond acceptors (Lipinski definition) is 3. The van der Waals surface area contributed by atoms with E-state index >= 15 is 0 Å². The Labute approximate surface area is 130 Å². The van der Waals surface area contributed by atoms with E-state index in [2.05, 4.69) is 15.9 Å². The average Bonchev–Trinajstić information content (AvgIpc) is 2.35. The summed E-state index contributed by atoms with van der Waals surface area (Å²) in [5, 5.41) is 8.82. The molecule has 0 aliphatic heterocycles. The second-order valence-electron chi connectivity index (χ2n) is 4.93. The van der Waals surface area contributed by atoms with Crippen molar-refractivity contribution < 1.29 is 23.8 Å². The number of nitrogens with zero attached hydrogens (tertiary/aromatic N) is 1. The summed E-state index contributed by atoms with van der Waals surface area (Å²) in [5.74, 6) is -1.46. The van der Waals surface area contributed by atoms with Crippen LogP contribution in [0.25, 0.3) is 0 Å². The summed E-state index contributed by atoms with van der Waals surface area (Å²) >= 11 is 3.13. The number of aliphatic carboxylic acids is 1. The van der Waals surface area contributed by atoms with Gasteiger partial charge >= 0.3 is 5.97 Å². The molecule has 0 radical (unpaired) electrons. The van der Waals surface area contributed by atoms with Crippen LogP contribution in [-0.4, -0.2) is 41.6 Å². The Morgan fingerprint density at radius 1 is 1.43 bits per heavy atom. The number of carboxylic acids is 1. The monoisotopic (exact) mass is 361 g/mol. The fourth-order valence-corrected chi connectivity index (χ4v) is 2.15. The molecule has 7 heteroatoms. The van der Waals surface area contributed by atoms with Gasteiger partial charge in [-0.2, -0.15) is 0 Å². The lowest BCUT2D eigenvalue weighted by Gasteiger charge is -2.22. The molecule has 0 unspecified atom stereocenters. The van der Waals surface area contributed by atoms with Gasteiger partial charge in [0.2, 0.25) is 0 Å². The molecule has 0 spiro atoms. The van der Waals surface area contributed by atoms with E-state index in [0.29, 0.717) is 16.8 Å². The molecule has 0 aliphatic carbocycles. The molecule has 0 fully saturated rings. The normalized spacial score (nSPS) is 10.5. The highest BCUT2D eigenvalue weighted by molar-refractivity contribution is 9.10. The maximum atomic E-state index is 12.9. The largest absolute Gasteiger partial charge is 0.483 e. The smallest absolute Gasteiger partial charge is 0.323 e. The molecule has 1 N–H and O–H groups in total. The molecule has 0 atom stereocenters. The Morgan fingerprint density at radius 3 is 2.62 bits per heavy atom. The fraction of sp³-hybridized carbons (Fsp3) is 0.429. The highest BCUT2D eigenvalue weighted by atomic mass is 79.9. The maximum absolute atomic E-state index is 12.9. The second kappa shape index (κ2) is 7.97. The van der Waals surface area contributed by atoms with E-state index < -0.39 is 17.7 Å². The van der Waals surface area contributed by atoms with Gasteiger partial charge in [-0.05, 0) is 40.0 Å². The van der Waals surface area contributed by atoms with Crippen LogP contribution in [0, 0.1) is 11.7 Å². The van der Waals surface area contributed by atoms with Crippen molar-refractivity contribution in [2.24, 2.45) is 5.92 Å². The molecule has 1 aromatic rings. The Morgan fingerprint density at radius 2 is 2.10 bits per heavy atom. The number of halogens is 2. The minimum atomic E-state index is -1.08. The summed E-state index contributed by atoms with van der Waals surface area (Å²) in [6.07, 6.45) is 0. The number of ether oxygens (including phenoxy) is 1. The van der Waals surface area contributed by atoms with E-state index in [1.54, 1.807) is 0 Å². The summed E-state index contributed by atoms with van der Waals surface area (Å²) in [7, 11) is 0. The number of rotatable bonds is 7. The van der Waals surface area contributed by atoms with E-state index in [9.17, 15) is 14.0 Å². The van der Waals surface area contributed by atoms with Gasteiger partial charge in [0.1, 0.15) is 18.1 Å². The molecule has 1 amide bonds. The zero-order chi connectivity index (χ0) is 16.0. The number of hydrogen-bond donors (Lipinski definition) is 1. The topological polar surface area (TPSA) is 66.8 Å².